The van der Waals surface area contributed by atoms with E-state index in [1.807, 2.05) is 31.2 Å². The summed E-state index contributed by atoms with van der Waals surface area (Å²) in [6.07, 6.45) is 4.77. The van der Waals surface area contributed by atoms with E-state index in [4.69, 9.17) is 19.2 Å². The zero-order valence-corrected chi connectivity index (χ0v) is 27.6. The lowest BCUT2D eigenvalue weighted by atomic mass is 9.93. The molecule has 242 valence electrons. The number of nitrogens with zero attached hydrogens (tertiary/aromatic N) is 3. The Morgan fingerprint density at radius 3 is 2.67 bits per heavy atom. The zero-order valence-electron chi connectivity index (χ0n) is 27.6. The molecular formula is C37H49N3O5. The molecule has 1 aromatic heterocycles. The van der Waals surface area contributed by atoms with Crippen LogP contribution in [0.3, 0.4) is 0 Å². The molecule has 0 radical (unpaired) electrons. The molecule has 3 heterocycles. The Kier molecular flexibility index (Phi) is 11.0. The summed E-state index contributed by atoms with van der Waals surface area (Å²) in [5.74, 6) is 1.22. The second-order valence-electron chi connectivity index (χ2n) is 12.3. The van der Waals surface area contributed by atoms with Crippen LogP contribution in [0, 0.1) is 12.8 Å². The van der Waals surface area contributed by atoms with E-state index in [0.29, 0.717) is 38.8 Å². The van der Waals surface area contributed by atoms with E-state index in [1.54, 1.807) is 7.11 Å². The van der Waals surface area contributed by atoms with E-state index in [0.717, 1.165) is 59.2 Å². The standard InChI is InChI=1S/C37H49N3O5/c1-6-10-28(7-2)39-17-15-27-20-26(21-34(43-5)31(27)22-39)24-45-33-14-13-25(4)19-30(33)32-11-9-12-36(38-32)40-18-16-29(37(41)42)35(23-40)44-8-3/h9,11-14,19-21,28-29,35H,6-8,10,15-18,22-24H2,1-5H3,(H,41,42)/t28?,29-,35+/m1/s1. The van der Waals surface area contributed by atoms with Crippen molar-refractivity contribution in [3.8, 4) is 22.8 Å². The molecule has 45 heavy (non-hydrogen) atoms. The van der Waals surface area contributed by atoms with Gasteiger partial charge in [0.15, 0.2) is 0 Å². The summed E-state index contributed by atoms with van der Waals surface area (Å²) >= 11 is 0. The van der Waals surface area contributed by atoms with Crippen LogP contribution in [-0.2, 0) is 29.1 Å². The number of hydrogen-bond donors (Lipinski definition) is 1. The smallest absolute Gasteiger partial charge is 0.309 e. The molecule has 5 rings (SSSR count). The topological polar surface area (TPSA) is 84.4 Å². The lowest BCUT2D eigenvalue weighted by Gasteiger charge is -2.37. The van der Waals surface area contributed by atoms with E-state index in [-0.39, 0.29) is 6.10 Å². The van der Waals surface area contributed by atoms with Crippen molar-refractivity contribution in [1.29, 1.82) is 0 Å². The third-order valence-corrected chi connectivity index (χ3v) is 9.34. The number of carbonyl (C=O) groups is 1. The van der Waals surface area contributed by atoms with Gasteiger partial charge >= 0.3 is 5.97 Å². The van der Waals surface area contributed by atoms with Crippen molar-refractivity contribution in [1.82, 2.24) is 9.88 Å². The van der Waals surface area contributed by atoms with Gasteiger partial charge in [-0.15, -0.1) is 0 Å². The van der Waals surface area contributed by atoms with Gasteiger partial charge in [0, 0.05) is 50.0 Å². The van der Waals surface area contributed by atoms with E-state index in [1.165, 1.54) is 30.4 Å². The summed E-state index contributed by atoms with van der Waals surface area (Å²) in [4.78, 5) is 21.6. The lowest BCUT2D eigenvalue weighted by Crippen LogP contribution is -2.48. The van der Waals surface area contributed by atoms with Crippen LogP contribution >= 0.6 is 0 Å². The second-order valence-corrected chi connectivity index (χ2v) is 12.3. The van der Waals surface area contributed by atoms with Gasteiger partial charge in [0.25, 0.3) is 0 Å². The molecule has 1 saturated heterocycles. The predicted molar refractivity (Wildman–Crippen MR) is 178 cm³/mol. The molecule has 1 fully saturated rings. The van der Waals surface area contributed by atoms with Crippen LogP contribution in [0.5, 0.6) is 11.5 Å². The highest BCUT2D eigenvalue weighted by molar-refractivity contribution is 5.72. The zero-order chi connectivity index (χ0) is 31.9. The second kappa shape index (κ2) is 15.1. The number of ether oxygens (including phenoxy) is 3. The Morgan fingerprint density at radius 2 is 1.93 bits per heavy atom. The molecule has 0 aliphatic carbocycles. The number of benzene rings is 2. The maximum absolute atomic E-state index is 11.8. The number of anilines is 1. The Labute approximate surface area is 268 Å². The van der Waals surface area contributed by atoms with Crippen LogP contribution in [0.25, 0.3) is 11.3 Å². The van der Waals surface area contributed by atoms with Crippen molar-refractivity contribution in [3.63, 3.8) is 0 Å². The molecule has 1 unspecified atom stereocenters. The fourth-order valence-corrected chi connectivity index (χ4v) is 6.94. The first-order valence-electron chi connectivity index (χ1n) is 16.6. The molecule has 2 aliphatic rings. The number of fused-ring (bicyclic) bond motifs is 1. The number of hydrogen-bond acceptors (Lipinski definition) is 7. The lowest BCUT2D eigenvalue weighted by molar-refractivity contribution is -0.148. The summed E-state index contributed by atoms with van der Waals surface area (Å²) < 4.78 is 18.2. The molecule has 0 amide bonds. The highest BCUT2D eigenvalue weighted by Gasteiger charge is 2.35. The van der Waals surface area contributed by atoms with Crippen molar-refractivity contribution in [2.45, 2.75) is 85.1 Å². The molecule has 8 nitrogen and oxygen atoms in total. The monoisotopic (exact) mass is 615 g/mol. The van der Waals surface area contributed by atoms with Crippen LogP contribution in [0.4, 0.5) is 5.82 Å². The molecule has 3 atom stereocenters. The molecule has 2 aromatic carbocycles. The number of carboxylic acids is 1. The van der Waals surface area contributed by atoms with Gasteiger partial charge in [-0.2, -0.15) is 0 Å². The van der Waals surface area contributed by atoms with Gasteiger partial charge in [0.05, 0.1) is 24.8 Å². The minimum absolute atomic E-state index is 0.370. The number of methoxy groups -OCH3 is 1. The van der Waals surface area contributed by atoms with Crippen LogP contribution in [0.1, 0.15) is 68.7 Å². The fraction of sp³-hybridized carbons (Fsp3) is 0.514. The maximum atomic E-state index is 11.8. The van der Waals surface area contributed by atoms with E-state index in [9.17, 15) is 9.90 Å². The van der Waals surface area contributed by atoms with Crippen LogP contribution in [-0.4, -0.2) is 66.5 Å². The molecule has 0 spiro atoms. The van der Waals surface area contributed by atoms with Crippen molar-refractivity contribution in [3.05, 3.63) is 70.8 Å². The summed E-state index contributed by atoms with van der Waals surface area (Å²) in [5.41, 5.74) is 6.62. The Morgan fingerprint density at radius 1 is 1.09 bits per heavy atom. The van der Waals surface area contributed by atoms with E-state index >= 15 is 0 Å². The largest absolute Gasteiger partial charge is 0.496 e. The van der Waals surface area contributed by atoms with E-state index < -0.39 is 11.9 Å². The average molecular weight is 616 g/mol. The quantitative estimate of drug-likeness (QED) is 0.222. The van der Waals surface area contributed by atoms with Gasteiger partial charge in [-0.05, 0) is 81.0 Å². The molecule has 1 N–H and O–H groups in total. The molecule has 0 bridgehead atoms. The fourth-order valence-electron chi connectivity index (χ4n) is 6.94. The summed E-state index contributed by atoms with van der Waals surface area (Å²) in [6.45, 7) is 12.6. The van der Waals surface area contributed by atoms with Crippen LogP contribution in [0.15, 0.2) is 48.5 Å². The number of carboxylic acid groups (broad SMARTS) is 1. The minimum Gasteiger partial charge on any atom is -0.496 e. The predicted octanol–water partition coefficient (Wildman–Crippen LogP) is 6.90. The molecule has 3 aromatic rings. The first kappa shape index (κ1) is 32.8. The van der Waals surface area contributed by atoms with Gasteiger partial charge in [-0.3, -0.25) is 9.69 Å². The van der Waals surface area contributed by atoms with E-state index in [2.05, 4.69) is 54.8 Å². The van der Waals surface area contributed by atoms with Crippen molar-refractivity contribution >= 4 is 11.8 Å². The highest BCUT2D eigenvalue weighted by Crippen LogP contribution is 2.35. The molecule has 0 saturated carbocycles. The number of aryl methyl sites for hydroxylation is 1. The molecular weight excluding hydrogens is 566 g/mol. The van der Waals surface area contributed by atoms with Gasteiger partial charge < -0.3 is 24.2 Å². The maximum Gasteiger partial charge on any atom is 0.309 e. The SMILES string of the molecule is CCCC(CC)N1CCc2cc(COc3ccc(C)cc3-c3cccc(N4CC[C@@H](C(=O)O)[C@@H](OCC)C4)n3)cc(OC)c2C1. The third kappa shape index (κ3) is 7.61. The first-order valence-corrected chi connectivity index (χ1v) is 16.6. The Hall–Kier alpha value is -3.62. The van der Waals surface area contributed by atoms with Gasteiger partial charge in [0.1, 0.15) is 23.9 Å². The average Bonchev–Trinajstić information content (AvgIpc) is 3.06. The summed E-state index contributed by atoms with van der Waals surface area (Å²) in [7, 11) is 1.76. The number of aromatic nitrogens is 1. The summed E-state index contributed by atoms with van der Waals surface area (Å²) in [6, 6.07) is 17.2. The normalized spacial score (nSPS) is 19.2. The van der Waals surface area contributed by atoms with Crippen LogP contribution < -0.4 is 14.4 Å². The number of pyridine rings is 1. The Balaban J connectivity index is 1.34. The summed E-state index contributed by atoms with van der Waals surface area (Å²) in [5, 5.41) is 9.68. The number of aliphatic carboxylic acids is 1. The van der Waals surface area contributed by atoms with Gasteiger partial charge in [-0.25, -0.2) is 4.98 Å². The Bertz CT molecular complexity index is 1440. The van der Waals surface area contributed by atoms with Crippen molar-refractivity contribution in [2.75, 3.05) is 38.3 Å². The van der Waals surface area contributed by atoms with Crippen LogP contribution in [0.2, 0.25) is 0 Å². The van der Waals surface area contributed by atoms with Gasteiger partial charge in [0.2, 0.25) is 0 Å². The number of piperidine rings is 1. The minimum atomic E-state index is -0.799. The highest BCUT2D eigenvalue weighted by atomic mass is 16.5. The molecule has 2 aliphatic heterocycles. The van der Waals surface area contributed by atoms with Crippen molar-refractivity contribution < 1.29 is 24.1 Å². The van der Waals surface area contributed by atoms with Gasteiger partial charge in [-0.1, -0.05) is 44.0 Å². The molecule has 8 heteroatoms. The van der Waals surface area contributed by atoms with Crippen molar-refractivity contribution in [2.24, 2.45) is 5.92 Å². The number of rotatable bonds is 13. The first-order chi connectivity index (χ1) is 21.8. The third-order valence-electron chi connectivity index (χ3n) is 9.34.